The standard InChI is InChI=1S/C27H37N3O5S2.ClH/c1-7-35-25(32)21-20-15-26(3,4)29-27(5,6)22(20)36-24(21)28-23(31)18-10-12-19(13-11-18)37(33,34)30-14-8-9-17(2)16-30;/h10-13,17,29H,7-9,14-16H2,1-6H3,(H,28,31);1H. The molecule has 1 fully saturated rings. The summed E-state index contributed by atoms with van der Waals surface area (Å²) in [6.45, 7) is 13.4. The molecule has 3 heterocycles. The van der Waals surface area contributed by atoms with Crippen LogP contribution in [-0.2, 0) is 26.7 Å². The van der Waals surface area contributed by atoms with Crippen molar-refractivity contribution < 1.29 is 22.7 Å². The van der Waals surface area contributed by atoms with Gasteiger partial charge >= 0.3 is 5.97 Å². The van der Waals surface area contributed by atoms with Crippen molar-refractivity contribution in [2.45, 2.75) is 76.8 Å². The van der Waals surface area contributed by atoms with Gasteiger partial charge < -0.3 is 15.4 Å². The van der Waals surface area contributed by atoms with Crippen molar-refractivity contribution in [3.63, 3.8) is 0 Å². The Morgan fingerprint density at radius 2 is 1.84 bits per heavy atom. The molecule has 4 rings (SSSR count). The fraction of sp³-hybridized carbons (Fsp3) is 0.556. The molecule has 0 saturated carbocycles. The predicted octanol–water partition coefficient (Wildman–Crippen LogP) is 5.18. The van der Waals surface area contributed by atoms with Crippen LogP contribution in [-0.4, -0.2) is 49.8 Å². The minimum absolute atomic E-state index is 0. The quantitative estimate of drug-likeness (QED) is 0.454. The van der Waals surface area contributed by atoms with Crippen LogP contribution in [0.4, 0.5) is 5.00 Å². The Kier molecular flexibility index (Phi) is 9.05. The van der Waals surface area contributed by atoms with Gasteiger partial charge in [-0.15, -0.1) is 23.7 Å². The molecule has 1 atom stereocenters. The molecule has 2 aliphatic heterocycles. The zero-order valence-electron chi connectivity index (χ0n) is 22.8. The highest BCUT2D eigenvalue weighted by molar-refractivity contribution is 7.89. The Balaban J connectivity index is 0.00000400. The topological polar surface area (TPSA) is 105 Å². The van der Waals surface area contributed by atoms with Crippen LogP contribution in [0, 0.1) is 5.92 Å². The number of hydrogen-bond acceptors (Lipinski definition) is 7. The van der Waals surface area contributed by atoms with Gasteiger partial charge in [-0.2, -0.15) is 4.31 Å². The number of hydrogen-bond donors (Lipinski definition) is 2. The minimum atomic E-state index is -3.61. The maximum atomic E-state index is 13.2. The maximum Gasteiger partial charge on any atom is 0.341 e. The van der Waals surface area contributed by atoms with Gasteiger partial charge in [0.1, 0.15) is 5.00 Å². The molecule has 0 radical (unpaired) electrons. The van der Waals surface area contributed by atoms with Crippen LogP contribution in [0.2, 0.25) is 0 Å². The van der Waals surface area contributed by atoms with E-state index in [0.717, 1.165) is 23.3 Å². The third-order valence-electron chi connectivity index (χ3n) is 6.92. The number of fused-ring (bicyclic) bond motifs is 1. The summed E-state index contributed by atoms with van der Waals surface area (Å²) in [5.74, 6) is -0.546. The van der Waals surface area contributed by atoms with Gasteiger partial charge in [-0.25, -0.2) is 13.2 Å². The summed E-state index contributed by atoms with van der Waals surface area (Å²) in [5, 5.41) is 6.97. The summed E-state index contributed by atoms with van der Waals surface area (Å²) in [6, 6.07) is 5.99. The smallest absolute Gasteiger partial charge is 0.341 e. The van der Waals surface area contributed by atoms with Crippen LogP contribution in [0.5, 0.6) is 0 Å². The van der Waals surface area contributed by atoms with Gasteiger partial charge in [0.25, 0.3) is 5.91 Å². The molecule has 1 aromatic carbocycles. The number of halogens is 1. The summed E-state index contributed by atoms with van der Waals surface area (Å²) in [7, 11) is -3.61. The zero-order chi connectivity index (χ0) is 27.2. The van der Waals surface area contributed by atoms with Gasteiger partial charge in [0.05, 0.1) is 17.1 Å². The van der Waals surface area contributed by atoms with Crippen molar-refractivity contribution >= 4 is 50.6 Å². The fourth-order valence-corrected chi connectivity index (χ4v) is 8.36. The van der Waals surface area contributed by atoms with Crippen molar-refractivity contribution in [1.29, 1.82) is 0 Å². The van der Waals surface area contributed by atoms with Gasteiger partial charge in [0.15, 0.2) is 0 Å². The molecule has 2 aliphatic rings. The normalized spacial score (nSPS) is 20.6. The number of ether oxygens (including phenoxy) is 1. The number of carbonyl (C=O) groups excluding carboxylic acids is 2. The zero-order valence-corrected chi connectivity index (χ0v) is 25.3. The Hall–Kier alpha value is -1.98. The van der Waals surface area contributed by atoms with E-state index in [1.54, 1.807) is 6.92 Å². The Labute approximate surface area is 236 Å². The van der Waals surface area contributed by atoms with Gasteiger partial charge in [-0.3, -0.25) is 4.79 Å². The summed E-state index contributed by atoms with van der Waals surface area (Å²) in [4.78, 5) is 27.4. The van der Waals surface area contributed by atoms with Gasteiger partial charge in [0.2, 0.25) is 10.0 Å². The molecule has 0 aliphatic carbocycles. The summed E-state index contributed by atoms with van der Waals surface area (Å²) in [5.41, 5.74) is 0.965. The van der Waals surface area contributed by atoms with Crippen LogP contribution in [0.1, 0.15) is 85.5 Å². The van der Waals surface area contributed by atoms with E-state index >= 15 is 0 Å². The van der Waals surface area contributed by atoms with E-state index in [2.05, 4.69) is 45.3 Å². The Morgan fingerprint density at radius 1 is 1.18 bits per heavy atom. The molecule has 1 unspecified atom stereocenters. The minimum Gasteiger partial charge on any atom is -0.462 e. The highest BCUT2D eigenvalue weighted by Gasteiger charge is 2.42. The van der Waals surface area contributed by atoms with E-state index in [9.17, 15) is 18.0 Å². The van der Waals surface area contributed by atoms with Crippen LogP contribution < -0.4 is 10.6 Å². The van der Waals surface area contributed by atoms with E-state index in [-0.39, 0.29) is 29.4 Å². The van der Waals surface area contributed by atoms with Gasteiger partial charge in [-0.05, 0) is 89.6 Å². The molecule has 2 N–H and O–H groups in total. The third-order valence-corrected chi connectivity index (χ3v) is 10.3. The molecule has 11 heteroatoms. The number of rotatable bonds is 6. The van der Waals surface area contributed by atoms with Gasteiger partial charge in [-0.1, -0.05) is 6.92 Å². The van der Waals surface area contributed by atoms with Crippen LogP contribution in [0.15, 0.2) is 29.2 Å². The predicted molar refractivity (Wildman–Crippen MR) is 153 cm³/mol. The van der Waals surface area contributed by atoms with Crippen molar-refractivity contribution in [1.82, 2.24) is 9.62 Å². The first kappa shape index (κ1) is 30.6. The van der Waals surface area contributed by atoms with E-state index in [1.165, 1.54) is 39.9 Å². The number of amides is 1. The van der Waals surface area contributed by atoms with E-state index < -0.39 is 27.4 Å². The van der Waals surface area contributed by atoms with Gasteiger partial charge in [0, 0.05) is 34.6 Å². The Morgan fingerprint density at radius 3 is 2.45 bits per heavy atom. The number of carbonyl (C=O) groups is 2. The lowest BCUT2D eigenvalue weighted by Crippen LogP contribution is -2.55. The largest absolute Gasteiger partial charge is 0.462 e. The molecule has 1 amide bonds. The molecule has 1 saturated heterocycles. The van der Waals surface area contributed by atoms with Crippen LogP contribution in [0.25, 0.3) is 0 Å². The number of anilines is 1. The molecule has 2 aromatic rings. The number of thiophene rings is 1. The van der Waals surface area contributed by atoms with E-state index in [1.807, 2.05) is 0 Å². The lowest BCUT2D eigenvalue weighted by atomic mass is 9.81. The molecule has 38 heavy (non-hydrogen) atoms. The Bertz CT molecular complexity index is 1300. The maximum absolute atomic E-state index is 13.2. The van der Waals surface area contributed by atoms with Crippen LogP contribution >= 0.6 is 23.7 Å². The second-order valence-corrected chi connectivity index (χ2v) is 14.2. The number of nitrogens with zero attached hydrogens (tertiary/aromatic N) is 1. The SMILES string of the molecule is CCOC(=O)c1c(NC(=O)c2ccc(S(=O)(=O)N3CCCC(C)C3)cc2)sc2c1CC(C)(C)NC2(C)C.Cl. The molecular weight excluding hydrogens is 546 g/mol. The molecule has 0 bridgehead atoms. The summed E-state index contributed by atoms with van der Waals surface area (Å²) in [6.07, 6.45) is 2.49. The summed E-state index contributed by atoms with van der Waals surface area (Å²) >= 11 is 1.38. The van der Waals surface area contributed by atoms with Crippen molar-refractivity contribution in [3.8, 4) is 0 Å². The van der Waals surface area contributed by atoms with Crippen molar-refractivity contribution in [2.75, 3.05) is 25.0 Å². The number of nitrogens with one attached hydrogen (secondary N) is 2. The number of esters is 1. The number of sulfonamides is 1. The highest BCUT2D eigenvalue weighted by Crippen LogP contribution is 2.45. The molecule has 0 spiro atoms. The lowest BCUT2D eigenvalue weighted by molar-refractivity contribution is 0.0525. The molecule has 1 aromatic heterocycles. The second-order valence-electron chi connectivity index (χ2n) is 11.2. The summed E-state index contributed by atoms with van der Waals surface area (Å²) < 4.78 is 33.0. The first-order valence-electron chi connectivity index (χ1n) is 12.8. The van der Waals surface area contributed by atoms with E-state index in [4.69, 9.17) is 4.74 Å². The monoisotopic (exact) mass is 583 g/mol. The number of piperidine rings is 1. The lowest BCUT2D eigenvalue weighted by Gasteiger charge is -2.42. The first-order chi connectivity index (χ1) is 17.2. The molecular formula is C27H38ClN3O5S2. The highest BCUT2D eigenvalue weighted by atomic mass is 35.5. The number of benzene rings is 1. The van der Waals surface area contributed by atoms with Crippen molar-refractivity contribution in [2.24, 2.45) is 5.92 Å². The molecule has 210 valence electrons. The fourth-order valence-electron chi connectivity index (χ4n) is 5.50. The van der Waals surface area contributed by atoms with E-state index in [0.29, 0.717) is 41.6 Å². The van der Waals surface area contributed by atoms with Crippen LogP contribution in [0.3, 0.4) is 0 Å². The van der Waals surface area contributed by atoms with Crippen molar-refractivity contribution in [3.05, 3.63) is 45.8 Å². The third kappa shape index (κ3) is 6.09. The molecule has 8 nitrogen and oxygen atoms in total. The second kappa shape index (κ2) is 11.3. The first-order valence-corrected chi connectivity index (χ1v) is 15.0. The average molecular weight is 584 g/mol. The average Bonchev–Trinajstić information content (AvgIpc) is 3.16.